The summed E-state index contributed by atoms with van der Waals surface area (Å²) in [4.78, 5) is 12.2. The van der Waals surface area contributed by atoms with Crippen LogP contribution in [0.25, 0.3) is 0 Å². The fourth-order valence-corrected chi connectivity index (χ4v) is 2.25. The number of nitrogens with zero attached hydrogens (tertiary/aromatic N) is 2. The first-order chi connectivity index (χ1) is 9.13. The van der Waals surface area contributed by atoms with Gasteiger partial charge in [0.2, 0.25) is 0 Å². The Labute approximate surface area is 117 Å². The lowest BCUT2D eigenvalue weighted by atomic mass is 10.0. The van der Waals surface area contributed by atoms with Gasteiger partial charge in [0.1, 0.15) is 5.69 Å². The SMILES string of the molecule is CC[C@@H](NC(=O)c1c(Cl)cnn1C)c1ccccc1. The average Bonchev–Trinajstić information content (AvgIpc) is 2.76. The molecule has 0 aliphatic rings. The van der Waals surface area contributed by atoms with Gasteiger partial charge in [0.15, 0.2) is 0 Å². The van der Waals surface area contributed by atoms with Crippen molar-refractivity contribution in [3.8, 4) is 0 Å². The number of nitrogens with one attached hydrogen (secondary N) is 1. The minimum absolute atomic E-state index is 0.0281. The Morgan fingerprint density at radius 3 is 2.63 bits per heavy atom. The molecule has 0 unspecified atom stereocenters. The Morgan fingerprint density at radius 2 is 2.11 bits per heavy atom. The molecule has 0 aliphatic heterocycles. The fraction of sp³-hybridized carbons (Fsp3) is 0.286. The summed E-state index contributed by atoms with van der Waals surface area (Å²) in [5.41, 5.74) is 1.47. The maximum absolute atomic E-state index is 12.2. The van der Waals surface area contributed by atoms with Gasteiger partial charge in [-0.1, -0.05) is 48.9 Å². The Morgan fingerprint density at radius 1 is 1.42 bits per heavy atom. The number of carbonyl (C=O) groups is 1. The molecule has 2 aromatic rings. The van der Waals surface area contributed by atoms with Crippen LogP contribution in [-0.2, 0) is 7.05 Å². The smallest absolute Gasteiger partial charge is 0.271 e. The van der Waals surface area contributed by atoms with Crippen LogP contribution in [0, 0.1) is 0 Å². The molecule has 100 valence electrons. The highest BCUT2D eigenvalue weighted by atomic mass is 35.5. The Kier molecular flexibility index (Phi) is 4.22. The summed E-state index contributed by atoms with van der Waals surface area (Å²) in [7, 11) is 1.70. The Hall–Kier alpha value is -1.81. The van der Waals surface area contributed by atoms with Crippen LogP contribution in [0.1, 0.15) is 35.4 Å². The minimum atomic E-state index is -0.208. The van der Waals surface area contributed by atoms with E-state index < -0.39 is 0 Å². The van der Waals surface area contributed by atoms with Crippen molar-refractivity contribution in [2.24, 2.45) is 7.05 Å². The fourth-order valence-electron chi connectivity index (χ4n) is 2.00. The van der Waals surface area contributed by atoms with E-state index in [4.69, 9.17) is 11.6 Å². The number of aromatic nitrogens is 2. The minimum Gasteiger partial charge on any atom is -0.344 e. The van der Waals surface area contributed by atoms with Gasteiger partial charge in [-0.2, -0.15) is 5.10 Å². The van der Waals surface area contributed by atoms with Crippen LogP contribution in [0.3, 0.4) is 0 Å². The maximum atomic E-state index is 12.2. The molecule has 1 amide bonds. The second kappa shape index (κ2) is 5.89. The topological polar surface area (TPSA) is 46.9 Å². The number of rotatable bonds is 4. The maximum Gasteiger partial charge on any atom is 0.271 e. The van der Waals surface area contributed by atoms with Crippen molar-refractivity contribution in [3.63, 3.8) is 0 Å². The normalized spacial score (nSPS) is 12.2. The van der Waals surface area contributed by atoms with Crippen LogP contribution in [-0.4, -0.2) is 15.7 Å². The molecule has 0 spiro atoms. The summed E-state index contributed by atoms with van der Waals surface area (Å²) in [6, 6.07) is 9.84. The first-order valence-electron chi connectivity index (χ1n) is 6.16. The van der Waals surface area contributed by atoms with Crippen LogP contribution in [0.5, 0.6) is 0 Å². The lowest BCUT2D eigenvalue weighted by Gasteiger charge is -2.17. The predicted molar refractivity (Wildman–Crippen MR) is 75.2 cm³/mol. The monoisotopic (exact) mass is 277 g/mol. The molecular formula is C14H16ClN3O. The van der Waals surface area contributed by atoms with E-state index in [0.717, 1.165) is 12.0 Å². The highest BCUT2D eigenvalue weighted by molar-refractivity contribution is 6.33. The molecule has 2 rings (SSSR count). The molecule has 0 saturated carbocycles. The van der Waals surface area contributed by atoms with Gasteiger partial charge in [-0.25, -0.2) is 0 Å². The van der Waals surface area contributed by atoms with Crippen molar-refractivity contribution in [2.75, 3.05) is 0 Å². The lowest BCUT2D eigenvalue weighted by molar-refractivity contribution is 0.0926. The highest BCUT2D eigenvalue weighted by Crippen LogP contribution is 2.19. The Bertz CT molecular complexity index is 546. The van der Waals surface area contributed by atoms with Crippen molar-refractivity contribution in [3.05, 3.63) is 52.8 Å². The summed E-state index contributed by atoms with van der Waals surface area (Å²) in [6.07, 6.45) is 2.28. The van der Waals surface area contributed by atoms with Crippen molar-refractivity contribution in [1.82, 2.24) is 15.1 Å². The third-order valence-corrected chi connectivity index (χ3v) is 3.30. The van der Waals surface area contributed by atoms with Crippen LogP contribution in [0.2, 0.25) is 5.02 Å². The van der Waals surface area contributed by atoms with Crippen molar-refractivity contribution >= 4 is 17.5 Å². The second-order valence-corrected chi connectivity index (χ2v) is 4.72. The highest BCUT2D eigenvalue weighted by Gasteiger charge is 2.19. The summed E-state index contributed by atoms with van der Waals surface area (Å²) < 4.78 is 1.48. The van der Waals surface area contributed by atoms with E-state index in [0.29, 0.717) is 10.7 Å². The summed E-state index contributed by atoms with van der Waals surface area (Å²) in [6.45, 7) is 2.03. The van der Waals surface area contributed by atoms with Gasteiger partial charge < -0.3 is 5.32 Å². The predicted octanol–water partition coefficient (Wildman–Crippen LogP) is 2.95. The molecule has 1 heterocycles. The molecule has 4 nitrogen and oxygen atoms in total. The van der Waals surface area contributed by atoms with E-state index in [1.54, 1.807) is 7.05 Å². The van der Waals surface area contributed by atoms with Crippen LogP contribution in [0.15, 0.2) is 36.5 Å². The molecule has 0 saturated heterocycles. The van der Waals surface area contributed by atoms with Crippen LogP contribution in [0.4, 0.5) is 0 Å². The van der Waals surface area contributed by atoms with Crippen LogP contribution < -0.4 is 5.32 Å². The molecular weight excluding hydrogens is 262 g/mol. The zero-order valence-electron chi connectivity index (χ0n) is 10.9. The number of amides is 1. The summed E-state index contributed by atoms with van der Waals surface area (Å²) in [5.74, 6) is -0.208. The molecule has 5 heteroatoms. The zero-order valence-corrected chi connectivity index (χ0v) is 11.7. The first kappa shape index (κ1) is 13.6. The van der Waals surface area contributed by atoms with Gasteiger partial charge in [0.25, 0.3) is 5.91 Å². The summed E-state index contributed by atoms with van der Waals surface area (Å²) >= 11 is 5.97. The van der Waals surface area contributed by atoms with E-state index in [-0.39, 0.29) is 11.9 Å². The number of carbonyl (C=O) groups excluding carboxylic acids is 1. The van der Waals surface area contributed by atoms with Gasteiger partial charge in [0, 0.05) is 7.05 Å². The van der Waals surface area contributed by atoms with Gasteiger partial charge in [-0.05, 0) is 12.0 Å². The molecule has 0 fully saturated rings. The van der Waals surface area contributed by atoms with E-state index in [1.807, 2.05) is 37.3 Å². The second-order valence-electron chi connectivity index (χ2n) is 4.31. The molecule has 1 N–H and O–H groups in total. The molecule has 19 heavy (non-hydrogen) atoms. The van der Waals surface area contributed by atoms with E-state index >= 15 is 0 Å². The average molecular weight is 278 g/mol. The van der Waals surface area contributed by atoms with Crippen molar-refractivity contribution < 1.29 is 4.79 Å². The number of hydrogen-bond acceptors (Lipinski definition) is 2. The van der Waals surface area contributed by atoms with E-state index in [2.05, 4.69) is 10.4 Å². The molecule has 0 bridgehead atoms. The Balaban J connectivity index is 2.18. The third kappa shape index (κ3) is 2.96. The number of benzene rings is 1. The number of halogens is 1. The summed E-state index contributed by atoms with van der Waals surface area (Å²) in [5, 5.41) is 7.31. The number of aryl methyl sites for hydroxylation is 1. The molecule has 1 aromatic carbocycles. The van der Waals surface area contributed by atoms with Crippen molar-refractivity contribution in [1.29, 1.82) is 0 Å². The molecule has 1 aromatic heterocycles. The van der Waals surface area contributed by atoms with E-state index in [9.17, 15) is 4.79 Å². The standard InChI is InChI=1S/C14H16ClN3O/c1-3-12(10-7-5-4-6-8-10)17-14(19)13-11(15)9-16-18(13)2/h4-9,12H,3H2,1-2H3,(H,17,19)/t12-/m1/s1. The molecule has 0 radical (unpaired) electrons. The van der Waals surface area contributed by atoms with Crippen molar-refractivity contribution in [2.45, 2.75) is 19.4 Å². The van der Waals surface area contributed by atoms with Gasteiger partial charge in [0.05, 0.1) is 17.3 Å². The third-order valence-electron chi connectivity index (χ3n) is 3.02. The largest absolute Gasteiger partial charge is 0.344 e. The molecule has 0 aliphatic carbocycles. The van der Waals surface area contributed by atoms with Gasteiger partial charge in [-0.15, -0.1) is 0 Å². The van der Waals surface area contributed by atoms with Gasteiger partial charge >= 0.3 is 0 Å². The number of hydrogen-bond donors (Lipinski definition) is 1. The molecule has 1 atom stereocenters. The lowest BCUT2D eigenvalue weighted by Crippen LogP contribution is -2.30. The zero-order chi connectivity index (χ0) is 13.8. The van der Waals surface area contributed by atoms with E-state index in [1.165, 1.54) is 10.9 Å². The quantitative estimate of drug-likeness (QED) is 0.934. The first-order valence-corrected chi connectivity index (χ1v) is 6.54. The van der Waals surface area contributed by atoms with Crippen LogP contribution >= 0.6 is 11.6 Å². The van der Waals surface area contributed by atoms with Gasteiger partial charge in [-0.3, -0.25) is 9.48 Å².